The lowest BCUT2D eigenvalue weighted by Gasteiger charge is -2.10. The van der Waals surface area contributed by atoms with Gasteiger partial charge in [-0.15, -0.1) is 0 Å². The molecule has 1 aromatic heterocycles. The van der Waals surface area contributed by atoms with E-state index < -0.39 is 5.97 Å². The third-order valence-electron chi connectivity index (χ3n) is 5.94. The number of rotatable bonds is 7. The number of anilines is 2. The number of aryl methyl sites for hydroxylation is 2. The number of hydrogen-bond donors (Lipinski definition) is 4. The Morgan fingerprint density at radius 2 is 1.62 bits per heavy atom. The number of carboxylic acid groups (broad SMARTS) is 1. The van der Waals surface area contributed by atoms with Crippen molar-refractivity contribution in [3.63, 3.8) is 0 Å². The van der Waals surface area contributed by atoms with Crippen LogP contribution in [-0.4, -0.2) is 32.6 Å². The first-order valence-electron chi connectivity index (χ1n) is 11.3. The van der Waals surface area contributed by atoms with Crippen LogP contribution in [0.15, 0.2) is 54.6 Å². The summed E-state index contributed by atoms with van der Waals surface area (Å²) in [6.45, 7) is 1.87. The number of phenols is 1. The Bertz CT molecular complexity index is 1560. The van der Waals surface area contributed by atoms with Crippen molar-refractivity contribution < 1.29 is 24.6 Å². The zero-order valence-electron chi connectivity index (χ0n) is 19.9. The third kappa shape index (κ3) is 5.72. The van der Waals surface area contributed by atoms with Crippen LogP contribution in [0.1, 0.15) is 28.8 Å². The Hall–Kier alpha value is -3.57. The zero-order chi connectivity index (χ0) is 26.9. The van der Waals surface area contributed by atoms with Gasteiger partial charge < -0.3 is 25.4 Å². The summed E-state index contributed by atoms with van der Waals surface area (Å²) in [6.07, 6.45) is 0.00595. The fraction of sp³-hybridized carbons (Fsp3) is 0.148. The lowest BCUT2D eigenvalue weighted by atomic mass is 10.1. The topological polar surface area (TPSA) is 121 Å². The molecule has 0 atom stereocenters. The van der Waals surface area contributed by atoms with Crippen LogP contribution in [0.3, 0.4) is 0 Å². The van der Waals surface area contributed by atoms with Crippen molar-refractivity contribution in [1.29, 1.82) is 0 Å². The summed E-state index contributed by atoms with van der Waals surface area (Å²) >= 11 is 8.24. The lowest BCUT2D eigenvalue weighted by molar-refractivity contribution is -0.121. The average Bonchev–Trinajstić information content (AvgIpc) is 3.08. The van der Waals surface area contributed by atoms with Crippen molar-refractivity contribution in [2.24, 2.45) is 7.05 Å². The van der Waals surface area contributed by atoms with Crippen LogP contribution in [0.25, 0.3) is 22.2 Å². The molecule has 3 aromatic carbocycles. The fourth-order valence-corrected chi connectivity index (χ4v) is 5.29. The number of carbonyl (C=O) groups is 3. The molecule has 4 N–H and O–H groups in total. The van der Waals surface area contributed by atoms with E-state index in [0.717, 1.165) is 20.4 Å². The minimum Gasteiger partial charge on any atom is -0.507 e. The summed E-state index contributed by atoms with van der Waals surface area (Å²) in [7, 11) is 1.82. The van der Waals surface area contributed by atoms with Gasteiger partial charge in [0.25, 0.3) is 0 Å². The molecule has 0 aliphatic rings. The number of aromatic hydroxyl groups is 1. The molecule has 0 aliphatic heterocycles. The van der Waals surface area contributed by atoms with Crippen LogP contribution in [0, 0.1) is 10.5 Å². The number of halogens is 2. The maximum atomic E-state index is 12.5. The molecule has 0 aliphatic carbocycles. The molecule has 0 saturated heterocycles. The standard InChI is InChI=1S/C27H23ClIN3O5/c1-14-6-7-17(11-20(14)28)31-24(35)9-8-23(34)30-16-5-3-4-15(10-16)26-25(29)18-12-19(27(36)37)22(33)13-21(18)32(26)2/h3-7,10-13,33H,8-9H2,1-2H3,(H,30,34)(H,31,35)(H,36,37). The van der Waals surface area contributed by atoms with Crippen LogP contribution in [-0.2, 0) is 16.6 Å². The molecule has 0 unspecified atom stereocenters. The second-order valence-corrected chi connectivity index (χ2v) is 10.0. The normalized spacial score (nSPS) is 10.9. The molecule has 4 aromatic rings. The molecule has 0 saturated carbocycles. The Kier molecular flexibility index (Phi) is 7.74. The first kappa shape index (κ1) is 26.5. The van der Waals surface area contributed by atoms with Gasteiger partial charge in [0.05, 0.1) is 11.2 Å². The first-order valence-corrected chi connectivity index (χ1v) is 12.7. The second-order valence-electron chi connectivity index (χ2n) is 8.55. The molecule has 0 bridgehead atoms. The molecule has 37 heavy (non-hydrogen) atoms. The number of benzene rings is 3. The van der Waals surface area contributed by atoms with Gasteiger partial charge in [-0.3, -0.25) is 9.59 Å². The molecule has 4 rings (SSSR count). The second kappa shape index (κ2) is 10.8. The highest BCUT2D eigenvalue weighted by Gasteiger charge is 2.20. The average molecular weight is 632 g/mol. The Morgan fingerprint density at radius 1 is 0.973 bits per heavy atom. The first-order chi connectivity index (χ1) is 17.5. The highest BCUT2D eigenvalue weighted by molar-refractivity contribution is 14.1. The number of aromatic carboxylic acids is 1. The number of aromatic nitrogens is 1. The number of carbonyl (C=O) groups excluding carboxylic acids is 2. The molecule has 0 fully saturated rings. The van der Waals surface area contributed by atoms with Crippen molar-refractivity contribution in [3.05, 3.63) is 74.3 Å². The number of amides is 2. The van der Waals surface area contributed by atoms with Crippen molar-refractivity contribution in [2.75, 3.05) is 10.6 Å². The van der Waals surface area contributed by atoms with Gasteiger partial charge in [0, 0.05) is 56.9 Å². The van der Waals surface area contributed by atoms with Gasteiger partial charge in [-0.25, -0.2) is 4.79 Å². The predicted octanol–water partition coefficient (Wildman–Crippen LogP) is 6.17. The molecule has 0 radical (unpaired) electrons. The van der Waals surface area contributed by atoms with E-state index in [1.165, 1.54) is 12.1 Å². The largest absolute Gasteiger partial charge is 0.507 e. The van der Waals surface area contributed by atoms with Crippen molar-refractivity contribution >= 4 is 74.3 Å². The smallest absolute Gasteiger partial charge is 0.339 e. The summed E-state index contributed by atoms with van der Waals surface area (Å²) in [5.41, 5.74) is 4.15. The SMILES string of the molecule is Cc1ccc(NC(=O)CCC(=O)Nc2cccc(-c3c(I)c4cc(C(=O)O)c(O)cc4n3C)c2)cc1Cl. The minimum absolute atomic E-state index is 0.00152. The molecule has 0 spiro atoms. The molecule has 1 heterocycles. The highest BCUT2D eigenvalue weighted by Crippen LogP contribution is 2.37. The van der Waals surface area contributed by atoms with Gasteiger partial charge in [0.1, 0.15) is 11.3 Å². The molecule has 2 amide bonds. The molecule has 10 heteroatoms. The summed E-state index contributed by atoms with van der Waals surface area (Å²) < 4.78 is 2.68. The monoisotopic (exact) mass is 631 g/mol. The molecular formula is C27H23ClIN3O5. The number of fused-ring (bicyclic) bond motifs is 1. The van der Waals surface area contributed by atoms with Crippen LogP contribution in [0.4, 0.5) is 11.4 Å². The van der Waals surface area contributed by atoms with E-state index in [0.29, 0.717) is 27.3 Å². The van der Waals surface area contributed by atoms with Gasteiger partial charge >= 0.3 is 5.97 Å². The highest BCUT2D eigenvalue weighted by atomic mass is 127. The summed E-state index contributed by atoms with van der Waals surface area (Å²) in [6, 6.07) is 15.4. The maximum absolute atomic E-state index is 12.5. The number of carboxylic acids is 1. The van der Waals surface area contributed by atoms with Crippen molar-refractivity contribution in [1.82, 2.24) is 4.57 Å². The van der Waals surface area contributed by atoms with E-state index in [9.17, 15) is 24.6 Å². The quantitative estimate of drug-likeness (QED) is 0.182. The maximum Gasteiger partial charge on any atom is 0.339 e. The van der Waals surface area contributed by atoms with Gasteiger partial charge in [0.15, 0.2) is 0 Å². The van der Waals surface area contributed by atoms with E-state index >= 15 is 0 Å². The minimum atomic E-state index is -1.21. The van der Waals surface area contributed by atoms with Gasteiger partial charge in [-0.2, -0.15) is 0 Å². The predicted molar refractivity (Wildman–Crippen MR) is 152 cm³/mol. The third-order valence-corrected chi connectivity index (χ3v) is 7.44. The molecule has 190 valence electrons. The van der Waals surface area contributed by atoms with Gasteiger partial charge in [-0.05, 0) is 65.4 Å². The van der Waals surface area contributed by atoms with Crippen LogP contribution in [0.5, 0.6) is 5.75 Å². The van der Waals surface area contributed by atoms with E-state index in [1.54, 1.807) is 30.3 Å². The summed E-state index contributed by atoms with van der Waals surface area (Å²) in [4.78, 5) is 36.2. The van der Waals surface area contributed by atoms with E-state index in [-0.39, 0.29) is 36.0 Å². The summed E-state index contributed by atoms with van der Waals surface area (Å²) in [5.74, 6) is -2.12. The lowest BCUT2D eigenvalue weighted by Crippen LogP contribution is -2.17. The van der Waals surface area contributed by atoms with Crippen LogP contribution >= 0.6 is 34.2 Å². The van der Waals surface area contributed by atoms with E-state index in [1.807, 2.05) is 30.7 Å². The summed E-state index contributed by atoms with van der Waals surface area (Å²) in [5, 5.41) is 26.3. The van der Waals surface area contributed by atoms with Gasteiger partial charge in [0.2, 0.25) is 11.8 Å². The van der Waals surface area contributed by atoms with Crippen LogP contribution in [0.2, 0.25) is 5.02 Å². The van der Waals surface area contributed by atoms with E-state index in [4.69, 9.17) is 11.6 Å². The Labute approximate surface area is 231 Å². The number of nitrogens with zero attached hydrogens (tertiary/aromatic N) is 1. The number of hydrogen-bond acceptors (Lipinski definition) is 4. The molecule has 8 nitrogen and oxygen atoms in total. The van der Waals surface area contributed by atoms with Gasteiger partial charge in [-0.1, -0.05) is 29.8 Å². The van der Waals surface area contributed by atoms with Crippen molar-refractivity contribution in [2.45, 2.75) is 19.8 Å². The van der Waals surface area contributed by atoms with Crippen LogP contribution < -0.4 is 10.6 Å². The number of nitrogens with one attached hydrogen (secondary N) is 2. The molecular weight excluding hydrogens is 609 g/mol. The van der Waals surface area contributed by atoms with Crippen molar-refractivity contribution in [3.8, 4) is 17.0 Å². The Morgan fingerprint density at radius 3 is 2.24 bits per heavy atom. The fourth-order valence-electron chi connectivity index (χ4n) is 4.01. The van der Waals surface area contributed by atoms with E-state index in [2.05, 4.69) is 33.2 Å². The Balaban J connectivity index is 1.47. The zero-order valence-corrected chi connectivity index (χ0v) is 22.8.